The number of hydrogen-bond donors (Lipinski definition) is 0. The molecule has 5 aliphatic rings. The molecule has 0 spiro atoms. The van der Waals surface area contributed by atoms with Crippen LogP contribution in [0.4, 0.5) is 0 Å². The minimum absolute atomic E-state index is 0.0324. The van der Waals surface area contributed by atoms with Crippen molar-refractivity contribution >= 4 is 5.78 Å². The molecular formula is C13H18O3. The summed E-state index contributed by atoms with van der Waals surface area (Å²) in [5, 5.41) is 0. The summed E-state index contributed by atoms with van der Waals surface area (Å²) >= 11 is 0. The van der Waals surface area contributed by atoms with E-state index in [1.165, 1.54) is 0 Å². The van der Waals surface area contributed by atoms with E-state index in [0.29, 0.717) is 11.7 Å². The quantitative estimate of drug-likeness (QED) is 0.629. The van der Waals surface area contributed by atoms with E-state index in [-0.39, 0.29) is 17.8 Å². The van der Waals surface area contributed by atoms with Crippen molar-refractivity contribution in [1.29, 1.82) is 0 Å². The first-order valence-electron chi connectivity index (χ1n) is 6.53. The Bertz CT molecular complexity index is 356. The van der Waals surface area contributed by atoms with Crippen LogP contribution in [0.25, 0.3) is 0 Å². The molecule has 0 N–H and O–H groups in total. The predicted molar refractivity (Wildman–Crippen MR) is 56.8 cm³/mol. The molecule has 3 heteroatoms. The van der Waals surface area contributed by atoms with Crippen LogP contribution in [0.1, 0.15) is 45.4 Å². The Hall–Kier alpha value is -0.410. The summed E-state index contributed by atoms with van der Waals surface area (Å²) in [6.45, 7) is 2.24. The third kappa shape index (κ3) is 0.809. The van der Waals surface area contributed by atoms with Gasteiger partial charge in [-0.25, -0.2) is 0 Å². The average Bonchev–Trinajstić information content (AvgIpc) is 2.22. The zero-order chi connectivity index (χ0) is 11.0. The summed E-state index contributed by atoms with van der Waals surface area (Å²) in [5.41, 5.74) is -0.505. The van der Waals surface area contributed by atoms with Gasteiger partial charge in [-0.1, -0.05) is 6.92 Å². The van der Waals surface area contributed by atoms with Gasteiger partial charge in [0, 0.05) is 18.3 Å². The van der Waals surface area contributed by atoms with E-state index in [0.717, 1.165) is 38.5 Å². The molecule has 5 fully saturated rings. The van der Waals surface area contributed by atoms with Gasteiger partial charge in [0.2, 0.25) is 0 Å². The number of carbonyl (C=O) groups excluding carboxylic acids is 1. The zero-order valence-electron chi connectivity index (χ0n) is 9.70. The van der Waals surface area contributed by atoms with E-state index >= 15 is 0 Å². The van der Waals surface area contributed by atoms with Gasteiger partial charge in [-0.3, -0.25) is 4.79 Å². The Morgan fingerprint density at radius 1 is 1.38 bits per heavy atom. The highest BCUT2D eigenvalue weighted by atomic mass is 16.7. The fourth-order valence-corrected chi connectivity index (χ4v) is 4.80. The second-order valence-electron chi connectivity index (χ2n) is 6.07. The van der Waals surface area contributed by atoms with Gasteiger partial charge >= 0.3 is 0 Å². The molecule has 16 heavy (non-hydrogen) atoms. The van der Waals surface area contributed by atoms with E-state index in [1.807, 2.05) is 0 Å². The SMILES string of the molecule is C[C@]12[C@H]3CCC(=O)[C@@]14CCC[C@@H]2O[C@@H](C3)O4. The van der Waals surface area contributed by atoms with Crippen molar-refractivity contribution in [2.24, 2.45) is 11.3 Å². The molecule has 0 unspecified atom stereocenters. The predicted octanol–water partition coefficient (Wildman–Crippen LogP) is 2.04. The molecule has 3 saturated heterocycles. The Kier molecular flexibility index (Phi) is 1.62. The van der Waals surface area contributed by atoms with E-state index in [1.54, 1.807) is 0 Å². The minimum atomic E-state index is -0.472. The Labute approximate surface area is 95.5 Å². The van der Waals surface area contributed by atoms with Gasteiger partial charge in [-0.05, 0) is 31.6 Å². The van der Waals surface area contributed by atoms with Crippen molar-refractivity contribution in [3.8, 4) is 0 Å². The summed E-state index contributed by atoms with van der Waals surface area (Å²) in [5.74, 6) is 0.993. The van der Waals surface area contributed by atoms with Gasteiger partial charge < -0.3 is 9.47 Å². The Balaban J connectivity index is 1.92. The lowest BCUT2D eigenvalue weighted by molar-refractivity contribution is -0.397. The number of ether oxygens (including phenoxy) is 2. The molecule has 5 bridgehead atoms. The number of hydrogen-bond acceptors (Lipinski definition) is 3. The topological polar surface area (TPSA) is 35.5 Å². The van der Waals surface area contributed by atoms with Gasteiger partial charge in [0.25, 0.3) is 0 Å². The lowest BCUT2D eigenvalue weighted by atomic mass is 9.48. The van der Waals surface area contributed by atoms with E-state index in [2.05, 4.69) is 6.92 Å². The summed E-state index contributed by atoms with van der Waals surface area (Å²) in [6, 6.07) is 0. The molecule has 0 aromatic carbocycles. The average molecular weight is 222 g/mol. The number of Topliss-reactive ketones (excluding diaryl/α,β-unsaturated/α-hetero) is 1. The maximum Gasteiger partial charge on any atom is 0.165 e. The maximum atomic E-state index is 12.4. The molecular weight excluding hydrogens is 204 g/mol. The van der Waals surface area contributed by atoms with Crippen LogP contribution in [0.2, 0.25) is 0 Å². The maximum absolute atomic E-state index is 12.4. The lowest BCUT2D eigenvalue weighted by Gasteiger charge is -2.68. The molecule has 0 radical (unpaired) electrons. The summed E-state index contributed by atoms with van der Waals surface area (Å²) in [7, 11) is 0. The highest BCUT2D eigenvalue weighted by molar-refractivity contribution is 5.90. The van der Waals surface area contributed by atoms with Crippen LogP contribution in [0.15, 0.2) is 0 Å². The normalized spacial score (nSPS) is 58.8. The molecule has 0 amide bonds. The van der Waals surface area contributed by atoms with Crippen LogP contribution < -0.4 is 0 Å². The molecule has 0 aromatic rings. The first-order chi connectivity index (χ1) is 7.67. The highest BCUT2D eigenvalue weighted by Crippen LogP contribution is 2.64. The van der Waals surface area contributed by atoms with Crippen molar-refractivity contribution < 1.29 is 14.3 Å². The number of rotatable bonds is 0. The molecule has 5 atom stereocenters. The third-order valence-electron chi connectivity index (χ3n) is 5.68. The Morgan fingerprint density at radius 2 is 2.25 bits per heavy atom. The Morgan fingerprint density at radius 3 is 3.06 bits per heavy atom. The van der Waals surface area contributed by atoms with Crippen LogP contribution >= 0.6 is 0 Å². The fraction of sp³-hybridized carbons (Fsp3) is 0.923. The van der Waals surface area contributed by atoms with Crippen molar-refractivity contribution in [3.63, 3.8) is 0 Å². The van der Waals surface area contributed by atoms with E-state index in [9.17, 15) is 4.79 Å². The van der Waals surface area contributed by atoms with Crippen LogP contribution in [-0.4, -0.2) is 23.8 Å². The monoisotopic (exact) mass is 222 g/mol. The molecule has 3 aliphatic heterocycles. The lowest BCUT2D eigenvalue weighted by Crippen LogP contribution is -2.75. The van der Waals surface area contributed by atoms with Crippen molar-refractivity contribution in [1.82, 2.24) is 0 Å². The van der Waals surface area contributed by atoms with Gasteiger partial charge in [-0.15, -0.1) is 0 Å². The van der Waals surface area contributed by atoms with Crippen LogP contribution in [0, 0.1) is 11.3 Å². The van der Waals surface area contributed by atoms with Crippen LogP contribution in [-0.2, 0) is 14.3 Å². The summed E-state index contributed by atoms with van der Waals surface area (Å²) < 4.78 is 12.0. The molecule has 5 rings (SSSR count). The molecule has 3 nitrogen and oxygen atoms in total. The van der Waals surface area contributed by atoms with Gasteiger partial charge in [0.1, 0.15) is 5.60 Å². The number of ketones is 1. The van der Waals surface area contributed by atoms with Gasteiger partial charge in [-0.2, -0.15) is 0 Å². The van der Waals surface area contributed by atoms with Crippen LogP contribution in [0.3, 0.4) is 0 Å². The fourth-order valence-electron chi connectivity index (χ4n) is 4.80. The molecule has 0 aromatic heterocycles. The number of carbonyl (C=O) groups is 1. The first-order valence-corrected chi connectivity index (χ1v) is 6.53. The smallest absolute Gasteiger partial charge is 0.165 e. The second kappa shape index (κ2) is 2.70. The zero-order valence-corrected chi connectivity index (χ0v) is 9.70. The first kappa shape index (κ1) is 9.60. The largest absolute Gasteiger partial charge is 0.349 e. The van der Waals surface area contributed by atoms with E-state index in [4.69, 9.17) is 9.47 Å². The van der Waals surface area contributed by atoms with E-state index < -0.39 is 5.60 Å². The molecule has 88 valence electrons. The second-order valence-corrected chi connectivity index (χ2v) is 6.07. The summed E-state index contributed by atoms with van der Waals surface area (Å²) in [6.07, 6.45) is 6.06. The minimum Gasteiger partial charge on any atom is -0.349 e. The van der Waals surface area contributed by atoms with Gasteiger partial charge in [0.15, 0.2) is 12.1 Å². The van der Waals surface area contributed by atoms with Gasteiger partial charge in [0.05, 0.1) is 6.10 Å². The standard InChI is InChI=1S/C13H18O3/c1-12-8-4-5-9(14)13(12)6-2-3-10(12)15-11(7-8)16-13/h8,10-11H,2-7H2,1H3/t8-,10-,11+,12+,13-/m0/s1. The summed E-state index contributed by atoms with van der Waals surface area (Å²) in [4.78, 5) is 12.4. The molecule has 3 heterocycles. The third-order valence-corrected chi connectivity index (χ3v) is 5.68. The molecule has 2 aliphatic carbocycles. The highest BCUT2D eigenvalue weighted by Gasteiger charge is 2.71. The van der Waals surface area contributed by atoms with Crippen molar-refractivity contribution in [2.45, 2.75) is 63.4 Å². The van der Waals surface area contributed by atoms with Crippen molar-refractivity contribution in [3.05, 3.63) is 0 Å². The molecule has 2 saturated carbocycles. The van der Waals surface area contributed by atoms with Crippen molar-refractivity contribution in [2.75, 3.05) is 0 Å². The van der Waals surface area contributed by atoms with Crippen LogP contribution in [0.5, 0.6) is 0 Å².